The number of aromatic nitrogens is 3. The molecule has 7 nitrogen and oxygen atoms in total. The molecular weight excluding hydrogens is 445 g/mol. The normalized spacial score (nSPS) is 13.8. The van der Waals surface area contributed by atoms with E-state index in [1.165, 1.54) is 32.3 Å². The lowest BCUT2D eigenvalue weighted by atomic mass is 9.95. The molecule has 0 bridgehead atoms. The molecule has 0 aromatic carbocycles. The number of thiophene rings is 1. The maximum atomic E-state index is 13.5. The van der Waals surface area contributed by atoms with E-state index in [0.717, 1.165) is 46.9 Å². The van der Waals surface area contributed by atoms with Crippen molar-refractivity contribution < 1.29 is 27.5 Å². The molecule has 0 spiro atoms. The SMILES string of the molecule is COC(=O)c1c(NC(=O)Cn2nc(C)c3c(C(F)(F)F)cc(C)nc32)sc2c1CCCC2. The maximum Gasteiger partial charge on any atom is 0.417 e. The van der Waals surface area contributed by atoms with E-state index in [1.54, 1.807) is 0 Å². The van der Waals surface area contributed by atoms with Crippen LogP contribution >= 0.6 is 11.3 Å². The Morgan fingerprint density at radius 2 is 1.97 bits per heavy atom. The molecule has 0 fully saturated rings. The second-order valence-corrected chi connectivity index (χ2v) is 8.81. The first-order valence-electron chi connectivity index (χ1n) is 10.0. The number of amides is 1. The summed E-state index contributed by atoms with van der Waals surface area (Å²) in [5, 5.41) is 7.13. The number of aryl methyl sites for hydroxylation is 3. The van der Waals surface area contributed by atoms with Crippen molar-refractivity contribution in [3.05, 3.63) is 39.0 Å². The Balaban J connectivity index is 1.67. The number of hydrogen-bond donors (Lipinski definition) is 1. The number of hydrogen-bond acceptors (Lipinski definition) is 6. The van der Waals surface area contributed by atoms with Crippen LogP contribution in [0, 0.1) is 13.8 Å². The van der Waals surface area contributed by atoms with Gasteiger partial charge in [0, 0.05) is 10.6 Å². The van der Waals surface area contributed by atoms with Gasteiger partial charge in [-0.05, 0) is 51.2 Å². The zero-order valence-corrected chi connectivity index (χ0v) is 18.5. The standard InChI is InChI=1S/C21H21F3N4O3S/c1-10-8-13(21(22,23)24)16-11(2)27-28(18(16)25-10)9-15(29)26-19-17(20(30)31-3)12-6-4-5-7-14(12)32-19/h8H,4-7,9H2,1-3H3,(H,26,29). The minimum Gasteiger partial charge on any atom is -0.465 e. The molecule has 1 amide bonds. The summed E-state index contributed by atoms with van der Waals surface area (Å²) in [6, 6.07) is 0.972. The Bertz CT molecular complexity index is 1230. The van der Waals surface area contributed by atoms with Gasteiger partial charge in [0.1, 0.15) is 11.5 Å². The third-order valence-electron chi connectivity index (χ3n) is 5.42. The molecule has 1 aliphatic rings. The van der Waals surface area contributed by atoms with Gasteiger partial charge in [0.25, 0.3) is 0 Å². The smallest absolute Gasteiger partial charge is 0.417 e. The first kappa shape index (κ1) is 22.3. The fourth-order valence-electron chi connectivity index (χ4n) is 4.09. The second-order valence-electron chi connectivity index (χ2n) is 7.71. The quantitative estimate of drug-likeness (QED) is 0.575. The molecule has 3 heterocycles. The lowest BCUT2D eigenvalue weighted by molar-refractivity contribution is -0.136. The van der Waals surface area contributed by atoms with Crippen LogP contribution in [-0.4, -0.2) is 33.8 Å². The molecule has 170 valence electrons. The minimum atomic E-state index is -4.57. The highest BCUT2D eigenvalue weighted by molar-refractivity contribution is 7.17. The first-order valence-corrected chi connectivity index (χ1v) is 10.9. The Kier molecular flexibility index (Phi) is 5.70. The summed E-state index contributed by atoms with van der Waals surface area (Å²) in [6.07, 6.45) is -1.05. The van der Waals surface area contributed by atoms with E-state index in [4.69, 9.17) is 4.74 Å². The number of pyridine rings is 1. The summed E-state index contributed by atoms with van der Waals surface area (Å²) in [6.45, 7) is 2.56. The number of nitrogens with zero attached hydrogens (tertiary/aromatic N) is 3. The lowest BCUT2D eigenvalue weighted by Crippen LogP contribution is -2.21. The van der Waals surface area contributed by atoms with Gasteiger partial charge in [0.2, 0.25) is 5.91 Å². The number of rotatable bonds is 4. The third kappa shape index (κ3) is 3.96. The predicted octanol–water partition coefficient (Wildman–Crippen LogP) is 4.43. The van der Waals surface area contributed by atoms with Crippen molar-refractivity contribution in [1.29, 1.82) is 0 Å². The van der Waals surface area contributed by atoms with Crippen molar-refractivity contribution >= 4 is 39.2 Å². The van der Waals surface area contributed by atoms with Crippen LogP contribution < -0.4 is 5.32 Å². The van der Waals surface area contributed by atoms with Crippen molar-refractivity contribution in [2.45, 2.75) is 52.3 Å². The highest BCUT2D eigenvalue weighted by Crippen LogP contribution is 2.39. The molecule has 4 rings (SSSR count). The minimum absolute atomic E-state index is 0.0105. The van der Waals surface area contributed by atoms with Crippen LogP contribution in [0.3, 0.4) is 0 Å². The van der Waals surface area contributed by atoms with Gasteiger partial charge in [-0.2, -0.15) is 18.3 Å². The Morgan fingerprint density at radius 3 is 2.66 bits per heavy atom. The molecule has 32 heavy (non-hydrogen) atoms. The van der Waals surface area contributed by atoms with Crippen LogP contribution in [0.4, 0.5) is 18.2 Å². The van der Waals surface area contributed by atoms with Crippen LogP contribution in [-0.2, 0) is 35.1 Å². The van der Waals surface area contributed by atoms with Gasteiger partial charge in [0.15, 0.2) is 5.65 Å². The highest BCUT2D eigenvalue weighted by atomic mass is 32.1. The van der Waals surface area contributed by atoms with Gasteiger partial charge in [-0.3, -0.25) is 4.79 Å². The molecule has 11 heteroatoms. The largest absolute Gasteiger partial charge is 0.465 e. The van der Waals surface area contributed by atoms with E-state index >= 15 is 0 Å². The van der Waals surface area contributed by atoms with Crippen LogP contribution in [0.15, 0.2) is 6.07 Å². The van der Waals surface area contributed by atoms with E-state index in [2.05, 4.69) is 15.4 Å². The number of alkyl halides is 3. The summed E-state index contributed by atoms with van der Waals surface area (Å²) in [5.74, 6) is -1.04. The van der Waals surface area contributed by atoms with Gasteiger partial charge in [-0.1, -0.05) is 0 Å². The van der Waals surface area contributed by atoms with E-state index in [1.807, 2.05) is 0 Å². The van der Waals surface area contributed by atoms with Gasteiger partial charge in [-0.25, -0.2) is 14.5 Å². The van der Waals surface area contributed by atoms with E-state index in [-0.39, 0.29) is 29.0 Å². The molecule has 0 atom stereocenters. The number of anilines is 1. The zero-order chi connectivity index (χ0) is 23.2. The number of carbonyl (C=O) groups excluding carboxylic acids is 2. The van der Waals surface area contributed by atoms with Gasteiger partial charge in [-0.15, -0.1) is 11.3 Å². The molecule has 0 unspecified atom stereocenters. The molecule has 0 aliphatic heterocycles. The molecule has 0 saturated carbocycles. The monoisotopic (exact) mass is 466 g/mol. The van der Waals surface area contributed by atoms with Crippen molar-refractivity contribution in [2.24, 2.45) is 0 Å². The number of methoxy groups -OCH3 is 1. The topological polar surface area (TPSA) is 86.1 Å². The van der Waals surface area contributed by atoms with E-state index < -0.39 is 23.6 Å². The van der Waals surface area contributed by atoms with Crippen LogP contribution in [0.25, 0.3) is 11.0 Å². The predicted molar refractivity (Wildman–Crippen MR) is 113 cm³/mol. The van der Waals surface area contributed by atoms with Crippen molar-refractivity contribution in [2.75, 3.05) is 12.4 Å². The van der Waals surface area contributed by atoms with Crippen LogP contribution in [0.1, 0.15) is 50.6 Å². The molecule has 0 saturated heterocycles. The number of halogens is 3. The third-order valence-corrected chi connectivity index (χ3v) is 6.63. The summed E-state index contributed by atoms with van der Waals surface area (Å²) < 4.78 is 46.6. The number of nitrogens with one attached hydrogen (secondary N) is 1. The molecular formula is C21H21F3N4O3S. The average molecular weight is 466 g/mol. The Labute approximate surface area is 185 Å². The Hall–Kier alpha value is -2.95. The highest BCUT2D eigenvalue weighted by Gasteiger charge is 2.35. The lowest BCUT2D eigenvalue weighted by Gasteiger charge is -2.12. The summed E-state index contributed by atoms with van der Waals surface area (Å²) in [5.41, 5.74) is 0.720. The fourth-order valence-corrected chi connectivity index (χ4v) is 5.38. The number of ether oxygens (including phenoxy) is 1. The summed E-state index contributed by atoms with van der Waals surface area (Å²) in [7, 11) is 1.28. The van der Waals surface area contributed by atoms with E-state index in [0.29, 0.717) is 10.6 Å². The first-order chi connectivity index (χ1) is 15.1. The summed E-state index contributed by atoms with van der Waals surface area (Å²) in [4.78, 5) is 30.4. The molecule has 3 aromatic rings. The van der Waals surface area contributed by atoms with Gasteiger partial charge >= 0.3 is 12.1 Å². The number of esters is 1. The molecule has 3 aromatic heterocycles. The number of fused-ring (bicyclic) bond motifs is 2. The van der Waals surface area contributed by atoms with Crippen LogP contribution in [0.2, 0.25) is 0 Å². The fraction of sp³-hybridized carbons (Fsp3) is 0.429. The summed E-state index contributed by atoms with van der Waals surface area (Å²) >= 11 is 1.33. The molecule has 1 aliphatic carbocycles. The zero-order valence-electron chi connectivity index (χ0n) is 17.7. The van der Waals surface area contributed by atoms with Crippen molar-refractivity contribution in [3.8, 4) is 0 Å². The van der Waals surface area contributed by atoms with Crippen LogP contribution in [0.5, 0.6) is 0 Å². The van der Waals surface area contributed by atoms with Crippen molar-refractivity contribution in [1.82, 2.24) is 14.8 Å². The second kappa shape index (κ2) is 8.19. The molecule has 0 radical (unpaired) electrons. The maximum absolute atomic E-state index is 13.5. The van der Waals surface area contributed by atoms with Gasteiger partial charge in [0.05, 0.1) is 29.3 Å². The Morgan fingerprint density at radius 1 is 1.25 bits per heavy atom. The number of carbonyl (C=O) groups is 2. The van der Waals surface area contributed by atoms with Gasteiger partial charge < -0.3 is 10.1 Å². The van der Waals surface area contributed by atoms with E-state index in [9.17, 15) is 22.8 Å². The average Bonchev–Trinajstić information content (AvgIpc) is 3.23. The van der Waals surface area contributed by atoms with Crippen molar-refractivity contribution in [3.63, 3.8) is 0 Å². The molecule has 1 N–H and O–H groups in total.